The van der Waals surface area contributed by atoms with Crippen LogP contribution in [0.2, 0.25) is 0 Å². The molecule has 2 N–H and O–H groups in total. The summed E-state index contributed by atoms with van der Waals surface area (Å²) in [6.07, 6.45) is 5.20. The van der Waals surface area contributed by atoms with Gasteiger partial charge in [-0.15, -0.1) is 0 Å². The molecule has 0 heterocycles. The molecule has 0 aromatic carbocycles. The molecule has 3 heteroatoms. The first-order chi connectivity index (χ1) is 6.65. The van der Waals surface area contributed by atoms with E-state index in [4.69, 9.17) is 0 Å². The van der Waals surface area contributed by atoms with Crippen LogP contribution in [0.1, 0.15) is 39.5 Å². The molecule has 0 saturated heterocycles. The van der Waals surface area contributed by atoms with E-state index < -0.39 is 0 Å². The molecule has 1 aliphatic carbocycles. The molecule has 2 unspecified atom stereocenters. The zero-order chi connectivity index (χ0) is 10.6. The van der Waals surface area contributed by atoms with Gasteiger partial charge in [-0.25, -0.2) is 0 Å². The van der Waals surface area contributed by atoms with Gasteiger partial charge in [-0.1, -0.05) is 12.8 Å². The highest BCUT2D eigenvalue weighted by molar-refractivity contribution is 5.81. The van der Waals surface area contributed by atoms with E-state index in [0.717, 1.165) is 0 Å². The van der Waals surface area contributed by atoms with Gasteiger partial charge < -0.3 is 10.6 Å². The molecule has 0 aliphatic heterocycles. The van der Waals surface area contributed by atoms with E-state index in [-0.39, 0.29) is 11.9 Å². The second kappa shape index (κ2) is 5.35. The Kier molecular flexibility index (Phi) is 4.39. The second-order valence-corrected chi connectivity index (χ2v) is 4.35. The molecule has 0 spiro atoms. The van der Waals surface area contributed by atoms with E-state index in [9.17, 15) is 4.79 Å². The van der Waals surface area contributed by atoms with E-state index in [1.807, 2.05) is 14.0 Å². The zero-order valence-electron chi connectivity index (χ0n) is 9.47. The standard InChI is InChI=1S/C11H22N2O/c1-8(10-6-4-5-7-10)13-11(14)9(2)12-3/h8-10,12H,4-7H2,1-3H3,(H,13,14). The molecule has 1 aliphatic rings. The number of nitrogens with one attached hydrogen (secondary N) is 2. The molecule has 1 saturated carbocycles. The van der Waals surface area contributed by atoms with E-state index in [1.54, 1.807) is 0 Å². The fourth-order valence-corrected chi connectivity index (χ4v) is 2.06. The smallest absolute Gasteiger partial charge is 0.237 e. The number of carbonyl (C=O) groups is 1. The molecule has 0 bridgehead atoms. The maximum atomic E-state index is 11.6. The van der Waals surface area contributed by atoms with Crippen molar-refractivity contribution in [3.8, 4) is 0 Å². The summed E-state index contributed by atoms with van der Waals surface area (Å²) < 4.78 is 0. The largest absolute Gasteiger partial charge is 0.352 e. The summed E-state index contributed by atoms with van der Waals surface area (Å²) in [5.74, 6) is 0.815. The first-order valence-corrected chi connectivity index (χ1v) is 5.62. The van der Waals surface area contributed by atoms with Gasteiger partial charge in [0, 0.05) is 6.04 Å². The van der Waals surface area contributed by atoms with Crippen LogP contribution in [0.25, 0.3) is 0 Å². The topological polar surface area (TPSA) is 41.1 Å². The molecule has 82 valence electrons. The van der Waals surface area contributed by atoms with Crippen molar-refractivity contribution in [3.05, 3.63) is 0 Å². The van der Waals surface area contributed by atoms with Crippen LogP contribution >= 0.6 is 0 Å². The Morgan fingerprint density at radius 2 is 1.86 bits per heavy atom. The van der Waals surface area contributed by atoms with Gasteiger partial charge in [0.05, 0.1) is 6.04 Å². The minimum absolute atomic E-state index is 0.0844. The normalized spacial score (nSPS) is 21.9. The SMILES string of the molecule is CNC(C)C(=O)NC(C)C1CCCC1. The number of likely N-dealkylation sites (N-methyl/N-ethyl adjacent to an activating group) is 1. The van der Waals surface area contributed by atoms with Crippen molar-refractivity contribution < 1.29 is 4.79 Å². The van der Waals surface area contributed by atoms with Crippen LogP contribution in [0, 0.1) is 5.92 Å². The molecule has 1 amide bonds. The van der Waals surface area contributed by atoms with Crippen LogP contribution in [0.4, 0.5) is 0 Å². The highest BCUT2D eigenvalue weighted by Crippen LogP contribution is 2.27. The van der Waals surface area contributed by atoms with Gasteiger partial charge in [-0.2, -0.15) is 0 Å². The Hall–Kier alpha value is -0.570. The Morgan fingerprint density at radius 3 is 2.36 bits per heavy atom. The summed E-state index contributed by atoms with van der Waals surface area (Å²) in [5, 5.41) is 6.02. The van der Waals surface area contributed by atoms with Crippen molar-refractivity contribution in [1.29, 1.82) is 0 Å². The molecule has 14 heavy (non-hydrogen) atoms. The molecular formula is C11H22N2O. The summed E-state index contributed by atoms with van der Waals surface area (Å²) in [4.78, 5) is 11.6. The minimum atomic E-state index is -0.0844. The van der Waals surface area contributed by atoms with Crippen molar-refractivity contribution in [2.45, 2.75) is 51.6 Å². The van der Waals surface area contributed by atoms with E-state index >= 15 is 0 Å². The van der Waals surface area contributed by atoms with Crippen LogP contribution in [-0.4, -0.2) is 25.0 Å². The van der Waals surface area contributed by atoms with Gasteiger partial charge >= 0.3 is 0 Å². The lowest BCUT2D eigenvalue weighted by Gasteiger charge is -2.22. The third kappa shape index (κ3) is 2.98. The molecule has 3 nitrogen and oxygen atoms in total. The molecule has 1 fully saturated rings. The summed E-state index contributed by atoms with van der Waals surface area (Å²) in [5.41, 5.74) is 0. The number of rotatable bonds is 4. The fourth-order valence-electron chi connectivity index (χ4n) is 2.06. The highest BCUT2D eigenvalue weighted by Gasteiger charge is 2.23. The van der Waals surface area contributed by atoms with Crippen molar-refractivity contribution in [2.75, 3.05) is 7.05 Å². The van der Waals surface area contributed by atoms with Crippen molar-refractivity contribution in [1.82, 2.24) is 10.6 Å². The van der Waals surface area contributed by atoms with Crippen LogP contribution < -0.4 is 10.6 Å². The van der Waals surface area contributed by atoms with Crippen molar-refractivity contribution in [2.24, 2.45) is 5.92 Å². The van der Waals surface area contributed by atoms with Crippen LogP contribution in [-0.2, 0) is 4.79 Å². The lowest BCUT2D eigenvalue weighted by molar-refractivity contribution is -0.123. The Balaban J connectivity index is 2.31. The second-order valence-electron chi connectivity index (χ2n) is 4.35. The molecule has 1 rings (SSSR count). The van der Waals surface area contributed by atoms with E-state index in [2.05, 4.69) is 17.6 Å². The maximum Gasteiger partial charge on any atom is 0.237 e. The Morgan fingerprint density at radius 1 is 1.29 bits per heavy atom. The predicted octanol–water partition coefficient (Wildman–Crippen LogP) is 1.29. The predicted molar refractivity (Wildman–Crippen MR) is 58.1 cm³/mol. The zero-order valence-corrected chi connectivity index (χ0v) is 9.47. The fraction of sp³-hybridized carbons (Fsp3) is 0.909. The lowest BCUT2D eigenvalue weighted by Crippen LogP contribution is -2.46. The van der Waals surface area contributed by atoms with Gasteiger partial charge in [0.2, 0.25) is 5.91 Å². The van der Waals surface area contributed by atoms with Gasteiger partial charge in [0.15, 0.2) is 0 Å². The number of amides is 1. The third-order valence-electron chi connectivity index (χ3n) is 3.30. The molecule has 0 radical (unpaired) electrons. The number of hydrogen-bond acceptors (Lipinski definition) is 2. The molecule has 0 aromatic heterocycles. The van der Waals surface area contributed by atoms with Gasteiger partial charge in [0.25, 0.3) is 0 Å². The molecule has 2 atom stereocenters. The maximum absolute atomic E-state index is 11.6. The average molecular weight is 198 g/mol. The molecular weight excluding hydrogens is 176 g/mol. The highest BCUT2D eigenvalue weighted by atomic mass is 16.2. The van der Waals surface area contributed by atoms with Crippen LogP contribution in [0.15, 0.2) is 0 Å². The summed E-state index contributed by atoms with van der Waals surface area (Å²) >= 11 is 0. The minimum Gasteiger partial charge on any atom is -0.352 e. The van der Waals surface area contributed by atoms with E-state index in [1.165, 1.54) is 25.7 Å². The quantitative estimate of drug-likeness (QED) is 0.714. The Bertz CT molecular complexity index is 188. The van der Waals surface area contributed by atoms with Crippen molar-refractivity contribution >= 4 is 5.91 Å². The first-order valence-electron chi connectivity index (χ1n) is 5.62. The number of carbonyl (C=O) groups excluding carboxylic acids is 1. The summed E-state index contributed by atoms with van der Waals surface area (Å²) in [7, 11) is 1.81. The monoisotopic (exact) mass is 198 g/mol. The molecule has 0 aromatic rings. The Labute approximate surface area is 86.6 Å². The summed E-state index contributed by atoms with van der Waals surface area (Å²) in [6, 6.07) is 0.250. The number of hydrogen-bond donors (Lipinski definition) is 2. The van der Waals surface area contributed by atoms with Gasteiger partial charge in [-0.05, 0) is 39.7 Å². The third-order valence-corrected chi connectivity index (χ3v) is 3.30. The first kappa shape index (κ1) is 11.5. The van der Waals surface area contributed by atoms with Crippen molar-refractivity contribution in [3.63, 3.8) is 0 Å². The lowest BCUT2D eigenvalue weighted by atomic mass is 9.99. The van der Waals surface area contributed by atoms with Crippen LogP contribution in [0.3, 0.4) is 0 Å². The van der Waals surface area contributed by atoms with Gasteiger partial charge in [-0.3, -0.25) is 4.79 Å². The average Bonchev–Trinajstić information content (AvgIpc) is 2.69. The van der Waals surface area contributed by atoms with Crippen LogP contribution in [0.5, 0.6) is 0 Å². The van der Waals surface area contributed by atoms with Gasteiger partial charge in [0.1, 0.15) is 0 Å². The van der Waals surface area contributed by atoms with E-state index in [0.29, 0.717) is 12.0 Å². The summed E-state index contributed by atoms with van der Waals surface area (Å²) in [6.45, 7) is 4.01.